The highest BCUT2D eigenvalue weighted by molar-refractivity contribution is 5.80. The Hall–Kier alpha value is -1.88. The first-order valence-corrected chi connectivity index (χ1v) is 8.11. The highest BCUT2D eigenvalue weighted by Crippen LogP contribution is 2.21. The molecule has 0 atom stereocenters. The Balaban J connectivity index is 1.57. The molecule has 1 fully saturated rings. The molecule has 0 aliphatic carbocycles. The van der Waals surface area contributed by atoms with Gasteiger partial charge in [0.2, 0.25) is 5.88 Å². The maximum absolute atomic E-state index is 5.81. The van der Waals surface area contributed by atoms with Crippen molar-refractivity contribution in [3.63, 3.8) is 0 Å². The number of ether oxygens (including phenoxy) is 1. The van der Waals surface area contributed by atoms with E-state index in [1.54, 1.807) is 6.07 Å². The molecular weight excluding hydrogens is 276 g/mol. The van der Waals surface area contributed by atoms with Crippen molar-refractivity contribution in [2.75, 3.05) is 32.0 Å². The monoisotopic (exact) mass is 300 g/mol. The van der Waals surface area contributed by atoms with Gasteiger partial charge < -0.3 is 15.4 Å². The highest BCUT2D eigenvalue weighted by Gasteiger charge is 2.10. The molecule has 118 valence electrons. The number of nitrogens with zero attached hydrogens (tertiary/aromatic N) is 3. The predicted molar refractivity (Wildman–Crippen MR) is 89.1 cm³/mol. The maximum Gasteiger partial charge on any atom is 0.215 e. The average Bonchev–Trinajstić information content (AvgIpc) is 2.52. The summed E-state index contributed by atoms with van der Waals surface area (Å²) >= 11 is 0. The fourth-order valence-electron chi connectivity index (χ4n) is 2.98. The van der Waals surface area contributed by atoms with Gasteiger partial charge in [-0.1, -0.05) is 6.42 Å². The molecule has 0 radical (unpaired) electrons. The molecular formula is C17H24N4O. The number of piperidine rings is 1. The zero-order valence-corrected chi connectivity index (χ0v) is 13.2. The Kier molecular flexibility index (Phi) is 4.73. The van der Waals surface area contributed by atoms with Gasteiger partial charge >= 0.3 is 0 Å². The van der Waals surface area contributed by atoms with E-state index in [-0.39, 0.29) is 0 Å². The lowest BCUT2D eigenvalue weighted by Gasteiger charge is -2.26. The van der Waals surface area contributed by atoms with Gasteiger partial charge in [0.1, 0.15) is 5.82 Å². The molecule has 5 heteroatoms. The SMILES string of the molecule is Cc1cc(OCCCN2CCCCC2)nc2nc(N)ccc12. The fourth-order valence-corrected chi connectivity index (χ4v) is 2.98. The van der Waals surface area contributed by atoms with Crippen LogP contribution in [-0.4, -0.2) is 41.1 Å². The molecule has 0 aromatic carbocycles. The lowest BCUT2D eigenvalue weighted by molar-refractivity contribution is 0.203. The molecule has 3 heterocycles. The Morgan fingerprint density at radius 2 is 2.00 bits per heavy atom. The molecule has 1 saturated heterocycles. The zero-order valence-electron chi connectivity index (χ0n) is 13.2. The molecule has 1 aliphatic rings. The standard InChI is InChI=1S/C17H24N4O/c1-13-12-16(20-17-14(13)6-7-15(18)19-17)22-11-5-10-21-8-3-2-4-9-21/h6-7,12H,2-5,8-11H2,1H3,(H2,18,19,20). The second kappa shape index (κ2) is 6.92. The fraction of sp³-hybridized carbons (Fsp3) is 0.529. The summed E-state index contributed by atoms with van der Waals surface area (Å²) in [5, 5.41) is 1.02. The van der Waals surface area contributed by atoms with Crippen molar-refractivity contribution in [3.8, 4) is 5.88 Å². The van der Waals surface area contributed by atoms with E-state index in [0.29, 0.717) is 24.0 Å². The first kappa shape index (κ1) is 15.0. The zero-order chi connectivity index (χ0) is 15.4. The van der Waals surface area contributed by atoms with Crippen molar-refractivity contribution in [2.24, 2.45) is 0 Å². The summed E-state index contributed by atoms with van der Waals surface area (Å²) < 4.78 is 5.81. The largest absolute Gasteiger partial charge is 0.478 e. The molecule has 22 heavy (non-hydrogen) atoms. The Morgan fingerprint density at radius 1 is 1.18 bits per heavy atom. The number of nitrogens with two attached hydrogens (primary N) is 1. The van der Waals surface area contributed by atoms with Crippen LogP contribution in [0.5, 0.6) is 5.88 Å². The number of rotatable bonds is 5. The predicted octanol–water partition coefficient (Wildman–Crippen LogP) is 2.78. The van der Waals surface area contributed by atoms with Gasteiger partial charge in [-0.05, 0) is 57.0 Å². The first-order chi connectivity index (χ1) is 10.7. The molecule has 0 amide bonds. The molecule has 5 nitrogen and oxygen atoms in total. The number of aryl methyl sites for hydroxylation is 1. The van der Waals surface area contributed by atoms with Crippen molar-refractivity contribution < 1.29 is 4.74 Å². The molecule has 3 rings (SSSR count). The number of aromatic nitrogens is 2. The molecule has 0 saturated carbocycles. The number of hydrogen-bond acceptors (Lipinski definition) is 5. The van der Waals surface area contributed by atoms with Crippen LogP contribution in [-0.2, 0) is 0 Å². The summed E-state index contributed by atoms with van der Waals surface area (Å²) in [6.45, 7) is 6.31. The lowest BCUT2D eigenvalue weighted by Crippen LogP contribution is -2.31. The topological polar surface area (TPSA) is 64.3 Å². The van der Waals surface area contributed by atoms with Crippen LogP contribution in [0.25, 0.3) is 11.0 Å². The minimum absolute atomic E-state index is 0.488. The van der Waals surface area contributed by atoms with Gasteiger partial charge in [0.05, 0.1) is 6.61 Å². The number of hydrogen-bond donors (Lipinski definition) is 1. The molecule has 0 spiro atoms. The smallest absolute Gasteiger partial charge is 0.215 e. The van der Waals surface area contributed by atoms with E-state index in [1.165, 1.54) is 32.4 Å². The second-order valence-corrected chi connectivity index (χ2v) is 5.99. The van der Waals surface area contributed by atoms with Crippen molar-refractivity contribution in [1.82, 2.24) is 14.9 Å². The van der Waals surface area contributed by atoms with E-state index in [2.05, 4.69) is 14.9 Å². The number of fused-ring (bicyclic) bond motifs is 1. The number of anilines is 1. The van der Waals surface area contributed by atoms with Crippen LogP contribution in [0.15, 0.2) is 18.2 Å². The van der Waals surface area contributed by atoms with Gasteiger partial charge in [0.15, 0.2) is 5.65 Å². The van der Waals surface area contributed by atoms with E-state index in [1.807, 2.05) is 19.1 Å². The molecule has 2 aromatic heterocycles. The summed E-state index contributed by atoms with van der Waals surface area (Å²) in [5.74, 6) is 1.13. The van der Waals surface area contributed by atoms with Gasteiger partial charge in [0, 0.05) is 18.0 Å². The van der Waals surface area contributed by atoms with Crippen LogP contribution in [0.2, 0.25) is 0 Å². The second-order valence-electron chi connectivity index (χ2n) is 5.99. The Bertz CT molecular complexity index is 638. The third-order valence-electron chi connectivity index (χ3n) is 4.19. The number of pyridine rings is 2. The summed E-state index contributed by atoms with van der Waals surface area (Å²) in [7, 11) is 0. The quantitative estimate of drug-likeness (QED) is 0.860. The minimum Gasteiger partial charge on any atom is -0.478 e. The maximum atomic E-state index is 5.81. The summed E-state index contributed by atoms with van der Waals surface area (Å²) in [5.41, 5.74) is 7.50. The number of nitrogen functional groups attached to an aromatic ring is 1. The normalized spacial score (nSPS) is 16.0. The van der Waals surface area contributed by atoms with Crippen LogP contribution in [0.4, 0.5) is 5.82 Å². The molecule has 2 N–H and O–H groups in total. The first-order valence-electron chi connectivity index (χ1n) is 8.11. The summed E-state index contributed by atoms with van der Waals surface area (Å²) in [6.07, 6.45) is 5.07. The van der Waals surface area contributed by atoms with Crippen LogP contribution in [0, 0.1) is 6.92 Å². The summed E-state index contributed by atoms with van der Waals surface area (Å²) in [6, 6.07) is 5.73. The third-order valence-corrected chi connectivity index (χ3v) is 4.19. The third kappa shape index (κ3) is 3.65. The molecule has 2 aromatic rings. The molecule has 0 unspecified atom stereocenters. The van der Waals surface area contributed by atoms with Gasteiger partial charge in [-0.2, -0.15) is 4.98 Å². The average molecular weight is 300 g/mol. The van der Waals surface area contributed by atoms with Crippen molar-refractivity contribution in [1.29, 1.82) is 0 Å². The van der Waals surface area contributed by atoms with Gasteiger partial charge in [-0.25, -0.2) is 4.98 Å². The number of likely N-dealkylation sites (tertiary alicyclic amines) is 1. The Morgan fingerprint density at radius 3 is 2.82 bits per heavy atom. The van der Waals surface area contributed by atoms with E-state index >= 15 is 0 Å². The van der Waals surface area contributed by atoms with E-state index in [4.69, 9.17) is 10.5 Å². The van der Waals surface area contributed by atoms with Crippen molar-refractivity contribution in [2.45, 2.75) is 32.6 Å². The van der Waals surface area contributed by atoms with E-state index in [9.17, 15) is 0 Å². The molecule has 0 bridgehead atoms. The van der Waals surface area contributed by atoms with E-state index < -0.39 is 0 Å². The van der Waals surface area contributed by atoms with Crippen LogP contribution in [0.3, 0.4) is 0 Å². The Labute approximate surface area is 131 Å². The van der Waals surface area contributed by atoms with Crippen LogP contribution < -0.4 is 10.5 Å². The van der Waals surface area contributed by atoms with Gasteiger partial charge in [-0.3, -0.25) is 0 Å². The lowest BCUT2D eigenvalue weighted by atomic mass is 10.1. The van der Waals surface area contributed by atoms with Crippen LogP contribution >= 0.6 is 0 Å². The minimum atomic E-state index is 0.488. The van der Waals surface area contributed by atoms with E-state index in [0.717, 1.165) is 23.9 Å². The van der Waals surface area contributed by atoms with Gasteiger partial charge in [-0.15, -0.1) is 0 Å². The van der Waals surface area contributed by atoms with Crippen molar-refractivity contribution >= 4 is 16.9 Å². The highest BCUT2D eigenvalue weighted by atomic mass is 16.5. The van der Waals surface area contributed by atoms with Gasteiger partial charge in [0.25, 0.3) is 0 Å². The molecule has 1 aliphatic heterocycles. The van der Waals surface area contributed by atoms with Crippen molar-refractivity contribution in [3.05, 3.63) is 23.8 Å². The summed E-state index contributed by atoms with van der Waals surface area (Å²) in [4.78, 5) is 11.3. The van der Waals surface area contributed by atoms with Crippen LogP contribution in [0.1, 0.15) is 31.2 Å².